The molecule has 3 aliphatic rings. The van der Waals surface area contributed by atoms with Gasteiger partial charge in [0.25, 0.3) is 0 Å². The number of benzene rings is 3. The van der Waals surface area contributed by atoms with Crippen molar-refractivity contribution in [2.24, 2.45) is 11.3 Å². The van der Waals surface area contributed by atoms with Gasteiger partial charge in [-0.15, -0.1) is 39.7 Å². The fourth-order valence-electron chi connectivity index (χ4n) is 7.95. The van der Waals surface area contributed by atoms with Gasteiger partial charge in [0.2, 0.25) is 0 Å². The number of hydrogen-bond donors (Lipinski definition) is 0. The summed E-state index contributed by atoms with van der Waals surface area (Å²) in [7, 11) is 0. The molecule has 4 aromatic rings. The Labute approximate surface area is 331 Å². The van der Waals surface area contributed by atoms with E-state index < -0.39 is 0 Å². The summed E-state index contributed by atoms with van der Waals surface area (Å²) in [6, 6.07) is 20.9. The van der Waals surface area contributed by atoms with Gasteiger partial charge in [0, 0.05) is 10.8 Å². The van der Waals surface area contributed by atoms with Crippen molar-refractivity contribution >= 4 is 36.4 Å². The van der Waals surface area contributed by atoms with Crippen LogP contribution in [0.15, 0.2) is 84.0 Å². The van der Waals surface area contributed by atoms with Crippen molar-refractivity contribution in [3.63, 3.8) is 0 Å². The first-order valence-corrected chi connectivity index (χ1v) is 19.1. The molecule has 0 saturated heterocycles. The molecule has 0 aromatic heterocycles. The molecule has 0 nitrogen and oxygen atoms in total. The van der Waals surface area contributed by atoms with Crippen LogP contribution in [-0.2, 0) is 40.5 Å². The average Bonchev–Trinajstić information content (AvgIpc) is 3.65. The second kappa shape index (κ2) is 15.1. The zero-order valence-corrected chi connectivity index (χ0v) is 36.8. The Morgan fingerprint density at radius 1 is 0.700 bits per heavy atom. The summed E-state index contributed by atoms with van der Waals surface area (Å²) in [5, 5.41) is 5.57. The number of rotatable bonds is 1. The molecule has 50 heavy (non-hydrogen) atoms. The van der Waals surface area contributed by atoms with Crippen LogP contribution in [0, 0.1) is 17.4 Å². The molecule has 0 spiro atoms. The maximum atomic E-state index is 3.40. The van der Waals surface area contributed by atoms with Crippen LogP contribution in [0.2, 0.25) is 0 Å². The fraction of sp³-hybridized carbons (Fsp3) is 0.404. The van der Waals surface area contributed by atoms with Crippen LogP contribution in [0.25, 0.3) is 32.7 Å². The summed E-state index contributed by atoms with van der Waals surface area (Å²) < 4.78 is 2.21. The van der Waals surface area contributed by atoms with E-state index in [9.17, 15) is 0 Å². The molecule has 4 aromatic carbocycles. The van der Waals surface area contributed by atoms with Crippen LogP contribution in [0.5, 0.6) is 0 Å². The third-order valence-corrected chi connectivity index (χ3v) is 11.2. The second-order valence-electron chi connectivity index (χ2n) is 17.6. The molecule has 0 heterocycles. The van der Waals surface area contributed by atoms with E-state index in [1.165, 1.54) is 101 Å². The summed E-state index contributed by atoms with van der Waals surface area (Å²) in [6.07, 6.45) is 10.5. The molecule has 0 saturated carbocycles. The molecule has 1 unspecified atom stereocenters. The summed E-state index contributed by atoms with van der Waals surface area (Å²) in [4.78, 5) is 0. The Bertz CT molecular complexity index is 1930. The minimum Gasteiger partial charge on any atom is -1.00 e. The van der Waals surface area contributed by atoms with Crippen molar-refractivity contribution in [3.8, 4) is 0 Å². The molecular weight excluding hydrogens is 727 g/mol. The molecule has 7 rings (SSSR count). The SMILES string of the molecule is CC(C)(C)c1ccc([CH]=[Zr+2])cc1.CC1=CC(C)(C)c2cc3[cH-]c4cc5c(cc4c3cc21)C(C)=CC5(C)C.CC1=[C-]C(C)C=C1C(C)(C)C.[Cl-].[Cl-]. The van der Waals surface area contributed by atoms with Crippen molar-refractivity contribution in [2.75, 3.05) is 0 Å². The number of hydrogen-bond acceptors (Lipinski definition) is 0. The molecular formula is C47H56Cl2Zr-2. The van der Waals surface area contributed by atoms with E-state index in [1.54, 1.807) is 0 Å². The summed E-state index contributed by atoms with van der Waals surface area (Å²) >= 11 is 1.46. The van der Waals surface area contributed by atoms with Crippen LogP contribution in [0.3, 0.4) is 0 Å². The second-order valence-corrected chi connectivity index (χ2v) is 18.3. The van der Waals surface area contributed by atoms with Crippen molar-refractivity contribution in [1.82, 2.24) is 0 Å². The molecule has 0 bridgehead atoms. The molecule has 0 amide bonds. The fourth-order valence-corrected chi connectivity index (χ4v) is 8.42. The first-order valence-electron chi connectivity index (χ1n) is 17.7. The topological polar surface area (TPSA) is 0 Å². The van der Waals surface area contributed by atoms with Gasteiger partial charge < -0.3 is 24.8 Å². The van der Waals surface area contributed by atoms with E-state index in [1.807, 2.05) is 0 Å². The van der Waals surface area contributed by atoms with Gasteiger partial charge in [-0.1, -0.05) is 109 Å². The van der Waals surface area contributed by atoms with Gasteiger partial charge in [-0.3, -0.25) is 6.08 Å². The van der Waals surface area contributed by atoms with Gasteiger partial charge in [-0.25, -0.2) is 5.57 Å². The quantitative estimate of drug-likeness (QED) is 0.180. The smallest absolute Gasteiger partial charge is 0.00178 e. The molecule has 3 aliphatic carbocycles. The molecule has 0 radical (unpaired) electrons. The predicted molar refractivity (Wildman–Crippen MR) is 210 cm³/mol. The van der Waals surface area contributed by atoms with Crippen molar-refractivity contribution < 1.29 is 49.0 Å². The van der Waals surface area contributed by atoms with E-state index in [2.05, 4.69) is 180 Å². The Morgan fingerprint density at radius 2 is 1.14 bits per heavy atom. The summed E-state index contributed by atoms with van der Waals surface area (Å²) in [5.41, 5.74) is 15.0. The van der Waals surface area contributed by atoms with E-state index in [0.717, 1.165) is 0 Å². The Hall–Kier alpha value is -2.18. The number of halogens is 2. The van der Waals surface area contributed by atoms with E-state index in [4.69, 9.17) is 0 Å². The largest absolute Gasteiger partial charge is 1.00 e. The average molecular weight is 783 g/mol. The predicted octanol–water partition coefficient (Wildman–Crippen LogP) is 7.15. The standard InChI is InChI=1S/C25H25.C11H17.C11H14.2ClH.Zr/c1-14-12-24(3,4)22-8-16-7-17-9-23-19(15(2)13-25(23,5)6)11-21(17)20(16)10-18(14)22;1-8-6-9(2)10(7-8)11(3,4)5;1-9-5-7-10(8-6-9)11(2,3)4;;;/h7-13H,1-6H3;7-8H,1-5H3;1,5-8H,2-4H3;2*1H;/q2*-1;;;;+2/p-2. The van der Waals surface area contributed by atoms with Crippen LogP contribution in [-0.4, -0.2) is 3.71 Å². The maximum Gasteiger partial charge on any atom is 0.00178 e. The van der Waals surface area contributed by atoms with Crippen LogP contribution < -0.4 is 24.8 Å². The van der Waals surface area contributed by atoms with E-state index >= 15 is 0 Å². The third-order valence-electron chi connectivity index (χ3n) is 10.4. The van der Waals surface area contributed by atoms with Gasteiger partial charge in [0.05, 0.1) is 0 Å². The first-order chi connectivity index (χ1) is 22.1. The third kappa shape index (κ3) is 8.54. The Balaban J connectivity index is 0.000000229. The van der Waals surface area contributed by atoms with Crippen LogP contribution in [0.4, 0.5) is 0 Å². The minimum absolute atomic E-state index is 0. The Kier molecular flexibility index (Phi) is 12.7. The normalized spacial score (nSPS) is 18.2. The molecule has 264 valence electrons. The summed E-state index contributed by atoms with van der Waals surface area (Å²) in [5.74, 6) is 0.518. The van der Waals surface area contributed by atoms with E-state index in [0.29, 0.717) is 11.3 Å². The zero-order valence-electron chi connectivity index (χ0n) is 32.8. The monoisotopic (exact) mass is 780 g/mol. The van der Waals surface area contributed by atoms with Crippen molar-refractivity contribution in [2.45, 2.75) is 113 Å². The van der Waals surface area contributed by atoms with Crippen LogP contribution >= 0.6 is 0 Å². The van der Waals surface area contributed by atoms with Gasteiger partial charge in [0.15, 0.2) is 0 Å². The number of fused-ring (bicyclic) bond motifs is 5. The van der Waals surface area contributed by atoms with E-state index in [-0.39, 0.29) is 41.1 Å². The molecule has 0 fully saturated rings. The molecule has 0 aliphatic heterocycles. The van der Waals surface area contributed by atoms with Crippen molar-refractivity contribution in [3.05, 3.63) is 123 Å². The molecule has 3 heteroatoms. The summed E-state index contributed by atoms with van der Waals surface area (Å²) in [6.45, 7) is 31.6. The zero-order chi connectivity index (χ0) is 35.6. The minimum atomic E-state index is 0. The number of allylic oxidation sites excluding steroid dienone is 8. The molecule has 0 N–H and O–H groups in total. The van der Waals surface area contributed by atoms with Crippen LogP contribution in [0.1, 0.15) is 130 Å². The molecule has 1 atom stereocenters. The van der Waals surface area contributed by atoms with Gasteiger partial charge >= 0.3 is 89.5 Å². The first kappa shape index (κ1) is 42.2. The van der Waals surface area contributed by atoms with Gasteiger partial charge in [0.1, 0.15) is 0 Å². The Morgan fingerprint density at radius 3 is 1.46 bits per heavy atom. The van der Waals surface area contributed by atoms with Gasteiger partial charge in [-0.2, -0.15) is 11.6 Å². The van der Waals surface area contributed by atoms with Gasteiger partial charge in [-0.05, 0) is 36.1 Å². The van der Waals surface area contributed by atoms with Crippen molar-refractivity contribution in [1.29, 1.82) is 0 Å². The maximum absolute atomic E-state index is 3.40.